The van der Waals surface area contributed by atoms with Crippen LogP contribution in [0.5, 0.6) is 0 Å². The van der Waals surface area contributed by atoms with E-state index in [1.54, 1.807) is 0 Å². The standard InChI is InChI=1S/C31H24S3/c32-17-21-9-4-12-24-27(21)30-28-22(18-33)10-5-13-25(28)31(24,16-15-20-7-2-1-3-8-20)26-14-6-11-23(19-34)29(26)30/h1-14,30,32-34H,17-19H2. The lowest BCUT2D eigenvalue weighted by Crippen LogP contribution is -2.43. The van der Waals surface area contributed by atoms with E-state index in [-0.39, 0.29) is 5.92 Å². The van der Waals surface area contributed by atoms with E-state index >= 15 is 0 Å². The van der Waals surface area contributed by atoms with E-state index in [1.165, 1.54) is 50.1 Å². The zero-order valence-corrected chi connectivity index (χ0v) is 21.3. The first kappa shape index (κ1) is 22.0. The Morgan fingerprint density at radius 2 is 1.00 bits per heavy atom. The maximum Gasteiger partial charge on any atom is 0.107 e. The molecule has 0 N–H and O–H groups in total. The van der Waals surface area contributed by atoms with Crippen molar-refractivity contribution in [2.45, 2.75) is 28.6 Å². The maximum atomic E-state index is 4.75. The van der Waals surface area contributed by atoms with Gasteiger partial charge in [0.1, 0.15) is 5.41 Å². The second-order valence-corrected chi connectivity index (χ2v) is 9.86. The molecule has 0 radical (unpaired) electrons. The Hall–Kier alpha value is -2.51. The fourth-order valence-corrected chi connectivity index (χ4v) is 6.84. The van der Waals surface area contributed by atoms with Gasteiger partial charge in [0.2, 0.25) is 0 Å². The van der Waals surface area contributed by atoms with E-state index in [0.29, 0.717) is 17.3 Å². The molecular weight excluding hydrogens is 469 g/mol. The molecule has 0 aliphatic heterocycles. The molecule has 0 fully saturated rings. The highest BCUT2D eigenvalue weighted by atomic mass is 32.1. The second-order valence-electron chi connectivity index (χ2n) is 8.91. The van der Waals surface area contributed by atoms with Crippen molar-refractivity contribution in [3.05, 3.63) is 141 Å². The number of hydrogen-bond donors (Lipinski definition) is 3. The van der Waals surface area contributed by atoms with E-state index in [2.05, 4.69) is 78.6 Å². The number of rotatable bonds is 3. The lowest BCUT2D eigenvalue weighted by molar-refractivity contribution is 0.654. The Kier molecular flexibility index (Phi) is 5.57. The average Bonchev–Trinajstić information content (AvgIpc) is 2.91. The third-order valence-corrected chi connectivity index (χ3v) is 8.37. The van der Waals surface area contributed by atoms with Gasteiger partial charge in [-0.05, 0) is 62.2 Å². The lowest BCUT2D eigenvalue weighted by Gasteiger charge is -2.50. The molecular formula is C31H24S3. The molecule has 0 unspecified atom stereocenters. The van der Waals surface area contributed by atoms with E-state index in [0.717, 1.165) is 5.56 Å². The minimum Gasteiger partial charge on any atom is -0.175 e. The SMILES string of the molecule is SCc1cccc2c1C1c3c(CS)cccc3C2(C#Cc2ccccc2)c2cccc(CS)c21. The Balaban J connectivity index is 1.81. The van der Waals surface area contributed by atoms with Crippen LogP contribution in [0.4, 0.5) is 0 Å². The van der Waals surface area contributed by atoms with E-state index in [1.807, 2.05) is 18.2 Å². The van der Waals surface area contributed by atoms with Gasteiger partial charge in [-0.15, -0.1) is 0 Å². The summed E-state index contributed by atoms with van der Waals surface area (Å²) in [6.07, 6.45) is 0. The molecule has 0 nitrogen and oxygen atoms in total. The zero-order valence-electron chi connectivity index (χ0n) is 18.6. The predicted molar refractivity (Wildman–Crippen MR) is 152 cm³/mol. The van der Waals surface area contributed by atoms with Crippen molar-refractivity contribution in [3.8, 4) is 11.8 Å². The van der Waals surface area contributed by atoms with Crippen LogP contribution in [0.15, 0.2) is 84.9 Å². The van der Waals surface area contributed by atoms with Gasteiger partial charge in [-0.1, -0.05) is 84.6 Å². The van der Waals surface area contributed by atoms with Crippen LogP contribution in [0.1, 0.15) is 61.6 Å². The van der Waals surface area contributed by atoms with Gasteiger partial charge in [-0.2, -0.15) is 37.9 Å². The number of thiol groups is 3. The van der Waals surface area contributed by atoms with Crippen LogP contribution in [0.2, 0.25) is 0 Å². The van der Waals surface area contributed by atoms with Gasteiger partial charge in [0.25, 0.3) is 0 Å². The van der Waals surface area contributed by atoms with E-state index in [4.69, 9.17) is 37.9 Å². The van der Waals surface area contributed by atoms with Crippen LogP contribution in [-0.4, -0.2) is 0 Å². The smallest absolute Gasteiger partial charge is 0.107 e. The predicted octanol–water partition coefficient (Wildman–Crippen LogP) is 7.17. The van der Waals surface area contributed by atoms with Crippen LogP contribution >= 0.6 is 37.9 Å². The highest BCUT2D eigenvalue weighted by Gasteiger charge is 2.52. The van der Waals surface area contributed by atoms with Crippen LogP contribution in [0.3, 0.4) is 0 Å². The molecule has 0 atom stereocenters. The minimum absolute atomic E-state index is 0.149. The molecule has 0 aromatic heterocycles. The largest absolute Gasteiger partial charge is 0.175 e. The summed E-state index contributed by atoms with van der Waals surface area (Å²) >= 11 is 14.2. The van der Waals surface area contributed by atoms with Gasteiger partial charge in [-0.3, -0.25) is 0 Å². The Morgan fingerprint density at radius 3 is 1.41 bits per heavy atom. The van der Waals surface area contributed by atoms with Crippen molar-refractivity contribution in [1.29, 1.82) is 0 Å². The summed E-state index contributed by atoms with van der Waals surface area (Å²) in [5.41, 5.74) is 12.3. The lowest BCUT2D eigenvalue weighted by atomic mass is 9.51. The average molecular weight is 493 g/mol. The summed E-state index contributed by atoms with van der Waals surface area (Å²) in [6.45, 7) is 0. The summed E-state index contributed by atoms with van der Waals surface area (Å²) in [6, 6.07) is 30.3. The van der Waals surface area contributed by atoms with E-state index < -0.39 is 5.41 Å². The molecule has 4 aromatic carbocycles. The third kappa shape index (κ3) is 2.99. The van der Waals surface area contributed by atoms with Crippen molar-refractivity contribution < 1.29 is 0 Å². The molecule has 3 aliphatic carbocycles. The molecule has 7 rings (SSSR count). The van der Waals surface area contributed by atoms with Gasteiger partial charge in [0.05, 0.1) is 0 Å². The van der Waals surface area contributed by atoms with Gasteiger partial charge < -0.3 is 0 Å². The quantitative estimate of drug-likeness (QED) is 0.196. The number of benzene rings is 4. The molecule has 0 saturated carbocycles. The summed E-state index contributed by atoms with van der Waals surface area (Å²) in [7, 11) is 0. The number of hydrogen-bond acceptors (Lipinski definition) is 3. The zero-order chi connectivity index (χ0) is 23.3. The summed E-state index contributed by atoms with van der Waals surface area (Å²) in [5, 5.41) is 0. The van der Waals surface area contributed by atoms with Gasteiger partial charge in [0, 0.05) is 28.7 Å². The Morgan fingerprint density at radius 1 is 0.559 bits per heavy atom. The highest BCUT2D eigenvalue weighted by molar-refractivity contribution is 7.79. The van der Waals surface area contributed by atoms with Crippen molar-refractivity contribution in [2.75, 3.05) is 0 Å². The monoisotopic (exact) mass is 492 g/mol. The first-order chi connectivity index (χ1) is 16.7. The Labute approximate surface area is 218 Å². The van der Waals surface area contributed by atoms with Gasteiger partial charge >= 0.3 is 0 Å². The fourth-order valence-electron chi connectivity index (χ4n) is 6.01. The molecule has 3 heteroatoms. The Bertz CT molecular complexity index is 1340. The molecule has 0 heterocycles. The summed E-state index contributed by atoms with van der Waals surface area (Å²) < 4.78 is 0. The topological polar surface area (TPSA) is 0 Å². The van der Waals surface area contributed by atoms with Crippen LogP contribution < -0.4 is 0 Å². The van der Waals surface area contributed by atoms with Crippen molar-refractivity contribution in [3.63, 3.8) is 0 Å². The van der Waals surface area contributed by atoms with Gasteiger partial charge in [-0.25, -0.2) is 0 Å². The highest BCUT2D eigenvalue weighted by Crippen LogP contribution is 2.61. The minimum atomic E-state index is -0.554. The third-order valence-electron chi connectivity index (χ3n) is 7.35. The molecule has 0 saturated heterocycles. The molecule has 3 aliphatic rings. The van der Waals surface area contributed by atoms with Crippen molar-refractivity contribution in [2.24, 2.45) is 0 Å². The van der Waals surface area contributed by atoms with Crippen molar-refractivity contribution >= 4 is 37.9 Å². The van der Waals surface area contributed by atoms with E-state index in [9.17, 15) is 0 Å². The summed E-state index contributed by atoms with van der Waals surface area (Å²) in [4.78, 5) is 0. The molecule has 2 bridgehead atoms. The first-order valence-electron chi connectivity index (χ1n) is 11.5. The molecule has 0 amide bonds. The van der Waals surface area contributed by atoms with Crippen LogP contribution in [0.25, 0.3) is 0 Å². The molecule has 34 heavy (non-hydrogen) atoms. The molecule has 166 valence electrons. The normalized spacial score (nSPS) is 19.0. The maximum absolute atomic E-state index is 4.75. The first-order valence-corrected chi connectivity index (χ1v) is 13.4. The molecule has 4 aromatic rings. The summed E-state index contributed by atoms with van der Waals surface area (Å²) in [5.74, 6) is 9.62. The van der Waals surface area contributed by atoms with Crippen LogP contribution in [-0.2, 0) is 22.7 Å². The fraction of sp³-hybridized carbons (Fsp3) is 0.161. The van der Waals surface area contributed by atoms with Gasteiger partial charge in [0.15, 0.2) is 0 Å². The molecule has 0 spiro atoms. The van der Waals surface area contributed by atoms with Crippen LogP contribution in [0, 0.1) is 11.8 Å². The van der Waals surface area contributed by atoms with Crippen molar-refractivity contribution in [1.82, 2.24) is 0 Å². The second kappa shape index (κ2) is 8.61.